The Kier molecular flexibility index (Phi) is 4.87. The Balaban J connectivity index is 1.42. The zero-order valence-corrected chi connectivity index (χ0v) is 12.9. The highest BCUT2D eigenvalue weighted by molar-refractivity contribution is 5.73. The standard InChI is InChI=1S/C16H21N5O2/c22-15-6-3-13(7-15)9-19-16(23)18-8-12-1-4-14(5-2-12)21-11-17-10-20-21/h1-2,4-5,10-11,13,15,22H,3,6-9H2,(H2,18,19,23)/t13-,15+/m1/s1. The third kappa shape index (κ3) is 4.29. The molecule has 3 N–H and O–H groups in total. The first kappa shape index (κ1) is 15.5. The molecule has 0 saturated heterocycles. The largest absolute Gasteiger partial charge is 0.393 e. The molecule has 122 valence electrons. The minimum Gasteiger partial charge on any atom is -0.393 e. The van der Waals surface area contributed by atoms with Crippen molar-refractivity contribution in [3.8, 4) is 5.69 Å². The summed E-state index contributed by atoms with van der Waals surface area (Å²) < 4.78 is 1.68. The SMILES string of the molecule is O=C(NCc1ccc(-n2cncn2)cc1)NC[C@@H]1CC[C@H](O)C1. The Morgan fingerprint density at radius 3 is 2.74 bits per heavy atom. The van der Waals surface area contributed by atoms with Crippen LogP contribution in [-0.2, 0) is 6.54 Å². The molecular formula is C16H21N5O2. The van der Waals surface area contributed by atoms with Gasteiger partial charge in [0.1, 0.15) is 12.7 Å². The fraction of sp³-hybridized carbons (Fsp3) is 0.438. The zero-order chi connectivity index (χ0) is 16.1. The molecule has 0 unspecified atom stereocenters. The number of rotatable bonds is 5. The van der Waals surface area contributed by atoms with E-state index in [1.54, 1.807) is 11.0 Å². The van der Waals surface area contributed by atoms with Gasteiger partial charge in [-0.1, -0.05) is 12.1 Å². The molecule has 0 aliphatic heterocycles. The van der Waals surface area contributed by atoms with Crippen LogP contribution in [0, 0.1) is 5.92 Å². The van der Waals surface area contributed by atoms with Crippen molar-refractivity contribution in [3.05, 3.63) is 42.5 Å². The lowest BCUT2D eigenvalue weighted by molar-refractivity contribution is 0.177. The van der Waals surface area contributed by atoms with Gasteiger partial charge in [-0.15, -0.1) is 0 Å². The number of carbonyl (C=O) groups excluding carboxylic acids is 1. The number of hydrogen-bond acceptors (Lipinski definition) is 4. The number of nitrogens with one attached hydrogen (secondary N) is 2. The molecule has 1 fully saturated rings. The van der Waals surface area contributed by atoms with Crippen LogP contribution in [0.25, 0.3) is 5.69 Å². The average molecular weight is 315 g/mol. The number of aromatic nitrogens is 3. The molecule has 1 aliphatic carbocycles. The third-order valence-electron chi connectivity index (χ3n) is 4.14. The lowest BCUT2D eigenvalue weighted by Gasteiger charge is -2.12. The average Bonchev–Trinajstić information content (AvgIpc) is 3.23. The highest BCUT2D eigenvalue weighted by Crippen LogP contribution is 2.24. The summed E-state index contributed by atoms with van der Waals surface area (Å²) in [6, 6.07) is 7.59. The summed E-state index contributed by atoms with van der Waals surface area (Å²) in [4.78, 5) is 15.7. The smallest absolute Gasteiger partial charge is 0.315 e. The Morgan fingerprint density at radius 1 is 1.26 bits per heavy atom. The summed E-state index contributed by atoms with van der Waals surface area (Å²) in [5.74, 6) is 0.387. The van der Waals surface area contributed by atoms with Gasteiger partial charge in [-0.3, -0.25) is 0 Å². The number of urea groups is 1. The summed E-state index contributed by atoms with van der Waals surface area (Å²) in [5.41, 5.74) is 1.94. The fourth-order valence-corrected chi connectivity index (χ4v) is 2.82. The van der Waals surface area contributed by atoms with Gasteiger partial charge in [0.2, 0.25) is 0 Å². The van der Waals surface area contributed by atoms with E-state index in [1.807, 2.05) is 24.3 Å². The van der Waals surface area contributed by atoms with Crippen molar-refractivity contribution < 1.29 is 9.90 Å². The van der Waals surface area contributed by atoms with E-state index in [1.165, 1.54) is 6.33 Å². The summed E-state index contributed by atoms with van der Waals surface area (Å²) in [6.07, 6.45) is 5.53. The van der Waals surface area contributed by atoms with Crippen molar-refractivity contribution in [2.45, 2.75) is 31.9 Å². The molecule has 3 rings (SSSR count). The number of nitrogens with zero attached hydrogens (tertiary/aromatic N) is 3. The summed E-state index contributed by atoms with van der Waals surface area (Å²) in [6.45, 7) is 1.09. The van der Waals surface area contributed by atoms with Gasteiger partial charge in [0, 0.05) is 13.1 Å². The van der Waals surface area contributed by atoms with Gasteiger partial charge in [0.05, 0.1) is 11.8 Å². The molecular weight excluding hydrogens is 294 g/mol. The van der Waals surface area contributed by atoms with Crippen LogP contribution in [0.5, 0.6) is 0 Å². The quantitative estimate of drug-likeness (QED) is 0.774. The number of amides is 2. The molecule has 7 heteroatoms. The third-order valence-corrected chi connectivity index (χ3v) is 4.14. The van der Waals surface area contributed by atoms with Crippen LogP contribution in [0.3, 0.4) is 0 Å². The van der Waals surface area contributed by atoms with Crippen molar-refractivity contribution >= 4 is 6.03 Å². The first-order valence-electron chi connectivity index (χ1n) is 7.84. The van der Waals surface area contributed by atoms with Crippen molar-refractivity contribution in [1.29, 1.82) is 0 Å². The molecule has 1 aromatic heterocycles. The van der Waals surface area contributed by atoms with E-state index in [0.717, 1.165) is 30.5 Å². The maximum Gasteiger partial charge on any atom is 0.315 e. The van der Waals surface area contributed by atoms with Crippen LogP contribution < -0.4 is 10.6 Å². The van der Waals surface area contributed by atoms with Gasteiger partial charge in [-0.05, 0) is 42.9 Å². The van der Waals surface area contributed by atoms with E-state index in [-0.39, 0.29) is 12.1 Å². The van der Waals surface area contributed by atoms with Crippen LogP contribution in [0.2, 0.25) is 0 Å². The molecule has 1 aliphatic rings. The maximum absolute atomic E-state index is 11.8. The second-order valence-electron chi connectivity index (χ2n) is 5.90. The summed E-state index contributed by atoms with van der Waals surface area (Å²) >= 11 is 0. The van der Waals surface area contributed by atoms with Gasteiger partial charge in [0.25, 0.3) is 0 Å². The minimum atomic E-state index is -0.201. The van der Waals surface area contributed by atoms with Crippen LogP contribution >= 0.6 is 0 Å². The number of hydrogen-bond donors (Lipinski definition) is 3. The number of carbonyl (C=O) groups is 1. The van der Waals surface area contributed by atoms with Crippen LogP contribution in [0.4, 0.5) is 4.79 Å². The first-order valence-corrected chi connectivity index (χ1v) is 7.84. The molecule has 1 saturated carbocycles. The molecule has 1 aromatic carbocycles. The van der Waals surface area contributed by atoms with Crippen molar-refractivity contribution in [2.75, 3.05) is 6.54 Å². The Bertz CT molecular complexity index is 626. The number of benzene rings is 1. The predicted octanol–water partition coefficient (Wildman–Crippen LogP) is 1.23. The Hall–Kier alpha value is -2.41. The van der Waals surface area contributed by atoms with Crippen molar-refractivity contribution in [1.82, 2.24) is 25.4 Å². The molecule has 2 atom stereocenters. The van der Waals surface area contributed by atoms with Crippen LogP contribution in [0.1, 0.15) is 24.8 Å². The van der Waals surface area contributed by atoms with E-state index in [4.69, 9.17) is 0 Å². The van der Waals surface area contributed by atoms with E-state index >= 15 is 0 Å². The van der Waals surface area contributed by atoms with Crippen LogP contribution in [0.15, 0.2) is 36.9 Å². The lowest BCUT2D eigenvalue weighted by atomic mass is 10.1. The van der Waals surface area contributed by atoms with Gasteiger partial charge >= 0.3 is 6.03 Å². The van der Waals surface area contributed by atoms with E-state index in [2.05, 4.69) is 20.7 Å². The highest BCUT2D eigenvalue weighted by Gasteiger charge is 2.22. The maximum atomic E-state index is 11.8. The molecule has 7 nitrogen and oxygen atoms in total. The highest BCUT2D eigenvalue weighted by atomic mass is 16.3. The second-order valence-corrected chi connectivity index (χ2v) is 5.90. The monoisotopic (exact) mass is 315 g/mol. The normalized spacial score (nSPS) is 20.4. The van der Waals surface area contributed by atoms with E-state index in [9.17, 15) is 9.90 Å². The first-order chi connectivity index (χ1) is 11.2. The van der Waals surface area contributed by atoms with Gasteiger partial charge in [0.15, 0.2) is 0 Å². The topological polar surface area (TPSA) is 92.1 Å². The number of aliphatic hydroxyl groups is 1. The second kappa shape index (κ2) is 7.23. The van der Waals surface area contributed by atoms with Gasteiger partial charge in [-0.25, -0.2) is 14.5 Å². The summed E-state index contributed by atoms with van der Waals surface area (Å²) in [7, 11) is 0. The van der Waals surface area contributed by atoms with Crippen molar-refractivity contribution in [3.63, 3.8) is 0 Å². The Morgan fingerprint density at radius 2 is 2.09 bits per heavy atom. The Labute approximate surface area is 134 Å². The molecule has 2 amide bonds. The number of aliphatic hydroxyl groups excluding tert-OH is 1. The molecule has 0 spiro atoms. The van der Waals surface area contributed by atoms with Gasteiger partial charge < -0.3 is 15.7 Å². The van der Waals surface area contributed by atoms with E-state index in [0.29, 0.717) is 19.0 Å². The molecule has 0 bridgehead atoms. The van der Waals surface area contributed by atoms with Crippen LogP contribution in [-0.4, -0.2) is 38.6 Å². The minimum absolute atomic E-state index is 0.174. The summed E-state index contributed by atoms with van der Waals surface area (Å²) in [5, 5.41) is 19.2. The predicted molar refractivity (Wildman–Crippen MR) is 84.9 cm³/mol. The van der Waals surface area contributed by atoms with Crippen molar-refractivity contribution in [2.24, 2.45) is 5.92 Å². The molecule has 1 heterocycles. The molecule has 2 aromatic rings. The fourth-order valence-electron chi connectivity index (χ4n) is 2.82. The van der Waals surface area contributed by atoms with Gasteiger partial charge in [-0.2, -0.15) is 5.10 Å². The van der Waals surface area contributed by atoms with E-state index < -0.39 is 0 Å². The zero-order valence-electron chi connectivity index (χ0n) is 12.9. The molecule has 0 radical (unpaired) electrons. The lowest BCUT2D eigenvalue weighted by Crippen LogP contribution is -2.37. The molecule has 23 heavy (non-hydrogen) atoms.